The van der Waals surface area contributed by atoms with Gasteiger partial charge in [0.2, 0.25) is 11.8 Å². The van der Waals surface area contributed by atoms with Crippen LogP contribution in [0.25, 0.3) is 0 Å². The molecule has 0 fully saturated rings. The Balaban J connectivity index is 1.82. The van der Waals surface area contributed by atoms with E-state index in [1.807, 2.05) is 44.2 Å². The van der Waals surface area contributed by atoms with E-state index < -0.39 is 28.5 Å². The van der Waals surface area contributed by atoms with E-state index in [1.54, 1.807) is 48.5 Å². The molecule has 0 bridgehead atoms. The number of nitrogens with zero attached hydrogens (tertiary/aromatic N) is 2. The number of benzene rings is 4. The van der Waals surface area contributed by atoms with Crippen LogP contribution >= 0.6 is 23.2 Å². The summed E-state index contributed by atoms with van der Waals surface area (Å²) in [5.74, 6) is -0.279. The summed E-state index contributed by atoms with van der Waals surface area (Å²) in [6.45, 7) is 3.63. The molecule has 1 N–H and O–H groups in total. The van der Waals surface area contributed by atoms with Crippen LogP contribution in [0.3, 0.4) is 0 Å². The maximum absolute atomic E-state index is 14.6. The van der Waals surface area contributed by atoms with Gasteiger partial charge in [0.25, 0.3) is 10.0 Å². The summed E-state index contributed by atoms with van der Waals surface area (Å²) in [6, 6.07) is 25.7. The van der Waals surface area contributed by atoms with Gasteiger partial charge in [-0.2, -0.15) is 0 Å². The van der Waals surface area contributed by atoms with Gasteiger partial charge in [0, 0.05) is 35.6 Å². The lowest BCUT2D eigenvalue weighted by molar-refractivity contribution is -0.140. The molecule has 2 amide bonds. The second-order valence-electron chi connectivity index (χ2n) is 11.5. The van der Waals surface area contributed by atoms with Crippen molar-refractivity contribution in [3.8, 4) is 11.5 Å². The second kappa shape index (κ2) is 16.7. The lowest BCUT2D eigenvalue weighted by atomic mass is 10.0. The fourth-order valence-corrected chi connectivity index (χ4v) is 6.94. The van der Waals surface area contributed by atoms with Gasteiger partial charge in [-0.05, 0) is 53.4 Å². The Hall–Kier alpha value is -4.25. The van der Waals surface area contributed by atoms with E-state index in [4.69, 9.17) is 32.7 Å². The van der Waals surface area contributed by atoms with Gasteiger partial charge in [-0.25, -0.2) is 8.42 Å². The fourth-order valence-electron chi connectivity index (χ4n) is 5.04. The number of carbonyl (C=O) groups excluding carboxylic acids is 2. The zero-order valence-corrected chi connectivity index (χ0v) is 29.6. The summed E-state index contributed by atoms with van der Waals surface area (Å²) in [7, 11) is -1.49. The number of para-hydroxylation sites is 1. The summed E-state index contributed by atoms with van der Waals surface area (Å²) in [6.07, 6.45) is 0.176. The highest BCUT2D eigenvalue weighted by atomic mass is 35.5. The molecular formula is C36H39Cl2N3O6S. The molecule has 0 unspecified atom stereocenters. The van der Waals surface area contributed by atoms with Gasteiger partial charge in [-0.3, -0.25) is 13.9 Å². The molecule has 254 valence electrons. The third-order valence-corrected chi connectivity index (χ3v) is 9.93. The van der Waals surface area contributed by atoms with Crippen molar-refractivity contribution >= 4 is 50.7 Å². The van der Waals surface area contributed by atoms with Crippen molar-refractivity contribution in [2.75, 3.05) is 31.6 Å². The third kappa shape index (κ3) is 9.21. The molecule has 4 aromatic carbocycles. The van der Waals surface area contributed by atoms with Gasteiger partial charge in [0.15, 0.2) is 11.5 Å². The van der Waals surface area contributed by atoms with E-state index in [2.05, 4.69) is 5.32 Å². The number of methoxy groups -OCH3 is 2. The first-order chi connectivity index (χ1) is 22.9. The zero-order valence-electron chi connectivity index (χ0n) is 27.2. The van der Waals surface area contributed by atoms with Gasteiger partial charge in [0.05, 0.1) is 24.8 Å². The number of hydrogen-bond acceptors (Lipinski definition) is 6. The standard InChI is InChI=1S/C36H39Cl2N3O6S/c1-25(2)22-39-36(43)32(19-26-11-7-5-8-12-26)40(23-27-15-16-28(37)20-31(27)38)35(42)24-41(29-13-9-6-10-14-29)48(44,45)30-17-18-33(46-3)34(21-30)47-4/h5-18,20-21,25,32H,19,22-24H2,1-4H3,(H,39,43)/t32-/m0/s1. The average molecular weight is 713 g/mol. The molecule has 9 nitrogen and oxygen atoms in total. The molecular weight excluding hydrogens is 673 g/mol. The van der Waals surface area contributed by atoms with Gasteiger partial charge in [0.1, 0.15) is 12.6 Å². The lowest BCUT2D eigenvalue weighted by Crippen LogP contribution is -2.53. The highest BCUT2D eigenvalue weighted by molar-refractivity contribution is 7.92. The molecule has 0 radical (unpaired) electrons. The van der Waals surface area contributed by atoms with E-state index in [9.17, 15) is 18.0 Å². The Morgan fingerprint density at radius 2 is 1.48 bits per heavy atom. The molecule has 0 aromatic heterocycles. The number of nitrogens with one attached hydrogen (secondary N) is 1. The van der Waals surface area contributed by atoms with Crippen molar-refractivity contribution in [2.45, 2.75) is 37.8 Å². The molecule has 48 heavy (non-hydrogen) atoms. The van der Waals surface area contributed by atoms with Crippen molar-refractivity contribution in [2.24, 2.45) is 5.92 Å². The van der Waals surface area contributed by atoms with Crippen LogP contribution < -0.4 is 19.1 Å². The minimum Gasteiger partial charge on any atom is -0.493 e. The number of hydrogen-bond donors (Lipinski definition) is 1. The Morgan fingerprint density at radius 3 is 2.08 bits per heavy atom. The molecule has 0 aliphatic rings. The Bertz CT molecular complexity index is 1810. The molecule has 1 atom stereocenters. The van der Waals surface area contributed by atoms with E-state index in [0.717, 1.165) is 9.87 Å². The average Bonchev–Trinajstić information content (AvgIpc) is 3.08. The topological polar surface area (TPSA) is 105 Å². The number of ether oxygens (including phenoxy) is 2. The first-order valence-corrected chi connectivity index (χ1v) is 17.5. The molecule has 0 aliphatic heterocycles. The van der Waals surface area contributed by atoms with Crippen LogP contribution in [0.1, 0.15) is 25.0 Å². The molecule has 0 spiro atoms. The number of amides is 2. The van der Waals surface area contributed by atoms with Crippen molar-refractivity contribution in [3.05, 3.63) is 118 Å². The number of carbonyl (C=O) groups is 2. The SMILES string of the molecule is COc1ccc(S(=O)(=O)N(CC(=O)N(Cc2ccc(Cl)cc2Cl)[C@@H](Cc2ccccc2)C(=O)NCC(C)C)c2ccccc2)cc1OC. The number of sulfonamides is 1. The maximum atomic E-state index is 14.6. The monoisotopic (exact) mass is 711 g/mol. The van der Waals surface area contributed by atoms with E-state index in [-0.39, 0.29) is 41.1 Å². The summed E-state index contributed by atoms with van der Waals surface area (Å²) in [5, 5.41) is 3.68. The zero-order chi connectivity index (χ0) is 34.8. The number of anilines is 1. The quantitative estimate of drug-likeness (QED) is 0.149. The van der Waals surface area contributed by atoms with Gasteiger partial charge in [-0.1, -0.05) is 91.6 Å². The van der Waals surface area contributed by atoms with Gasteiger partial charge >= 0.3 is 0 Å². The largest absolute Gasteiger partial charge is 0.493 e. The Labute approximate surface area is 292 Å². The number of halogens is 2. The molecule has 0 saturated heterocycles. The van der Waals surface area contributed by atoms with Crippen molar-refractivity contribution in [1.29, 1.82) is 0 Å². The predicted octanol–water partition coefficient (Wildman–Crippen LogP) is 6.62. The van der Waals surface area contributed by atoms with Crippen molar-refractivity contribution in [3.63, 3.8) is 0 Å². The van der Waals surface area contributed by atoms with Crippen LogP contribution in [-0.4, -0.2) is 58.5 Å². The molecule has 0 aliphatic carbocycles. The van der Waals surface area contributed by atoms with E-state index in [0.29, 0.717) is 27.9 Å². The Morgan fingerprint density at radius 1 is 0.833 bits per heavy atom. The molecule has 0 saturated carbocycles. The van der Waals surface area contributed by atoms with E-state index >= 15 is 0 Å². The van der Waals surface area contributed by atoms with Crippen molar-refractivity contribution in [1.82, 2.24) is 10.2 Å². The minimum atomic E-state index is -4.35. The fraction of sp³-hybridized carbons (Fsp3) is 0.278. The van der Waals surface area contributed by atoms with Gasteiger partial charge < -0.3 is 19.7 Å². The minimum absolute atomic E-state index is 0.0829. The van der Waals surface area contributed by atoms with Crippen LogP contribution in [0, 0.1) is 5.92 Å². The summed E-state index contributed by atoms with van der Waals surface area (Å²) < 4.78 is 40.3. The van der Waals surface area contributed by atoms with Crippen LogP contribution in [0.5, 0.6) is 11.5 Å². The summed E-state index contributed by atoms with van der Waals surface area (Å²) in [4.78, 5) is 29.8. The van der Waals surface area contributed by atoms with E-state index in [1.165, 1.54) is 37.3 Å². The third-order valence-electron chi connectivity index (χ3n) is 7.58. The van der Waals surface area contributed by atoms with Gasteiger partial charge in [-0.15, -0.1) is 0 Å². The van der Waals surface area contributed by atoms with Crippen LogP contribution in [0.4, 0.5) is 5.69 Å². The van der Waals surface area contributed by atoms with Crippen molar-refractivity contribution < 1.29 is 27.5 Å². The maximum Gasteiger partial charge on any atom is 0.264 e. The highest BCUT2D eigenvalue weighted by Crippen LogP contribution is 2.33. The molecule has 0 heterocycles. The predicted molar refractivity (Wildman–Crippen MR) is 189 cm³/mol. The first-order valence-electron chi connectivity index (χ1n) is 15.3. The summed E-state index contributed by atoms with van der Waals surface area (Å²) >= 11 is 12.8. The van der Waals surface area contributed by atoms with Crippen LogP contribution in [0.15, 0.2) is 102 Å². The highest BCUT2D eigenvalue weighted by Gasteiger charge is 2.35. The lowest BCUT2D eigenvalue weighted by Gasteiger charge is -2.34. The first kappa shape index (κ1) is 36.6. The second-order valence-corrected chi connectivity index (χ2v) is 14.2. The molecule has 4 rings (SSSR count). The number of rotatable bonds is 15. The van der Waals surface area contributed by atoms with Crippen LogP contribution in [-0.2, 0) is 32.6 Å². The molecule has 4 aromatic rings. The Kier molecular flexibility index (Phi) is 12.7. The van der Waals surface area contributed by atoms with Crippen LogP contribution in [0.2, 0.25) is 10.0 Å². The normalized spacial score (nSPS) is 11.9. The summed E-state index contributed by atoms with van der Waals surface area (Å²) in [5.41, 5.74) is 1.62. The smallest absolute Gasteiger partial charge is 0.264 e. The molecule has 12 heteroatoms.